The fraction of sp³-hybridized carbons (Fsp3) is 0.500. The van der Waals surface area contributed by atoms with Crippen LogP contribution in [0, 0.1) is 35.5 Å². The van der Waals surface area contributed by atoms with E-state index in [-0.39, 0.29) is 113 Å². The van der Waals surface area contributed by atoms with Crippen LogP contribution in [-0.4, -0.2) is 176 Å². The molecule has 0 aromatic heterocycles. The Balaban J connectivity index is 1.34. The summed E-state index contributed by atoms with van der Waals surface area (Å²) in [7, 11) is 25.0. The van der Waals surface area contributed by atoms with Gasteiger partial charge in [0.2, 0.25) is 17.7 Å². The summed E-state index contributed by atoms with van der Waals surface area (Å²) in [4.78, 5) is 180. The Morgan fingerprint density at radius 1 is 0.544 bits per heavy atom. The van der Waals surface area contributed by atoms with Gasteiger partial charge in [-0.05, 0) is 86.9 Å². The number of amides is 4. The van der Waals surface area contributed by atoms with E-state index >= 15 is 0 Å². The molecular weight excluding hydrogens is 1330 g/mol. The summed E-state index contributed by atoms with van der Waals surface area (Å²) in [5.74, 6) is -12.9. The van der Waals surface area contributed by atoms with E-state index in [0.717, 1.165) is 39.9 Å². The summed E-state index contributed by atoms with van der Waals surface area (Å²) in [5.41, 5.74) is 4.18. The quantitative estimate of drug-likeness (QED) is 0.0193. The van der Waals surface area contributed by atoms with Crippen LogP contribution in [0.15, 0.2) is 109 Å². The number of ketones is 5. The number of fused-ring (bicyclic) bond motifs is 3. The number of hydrogen-bond acceptors (Lipinski definition) is 15. The number of carbonyl (C=O) groups excluding carboxylic acids is 13. The first-order chi connectivity index (χ1) is 48.7. The zero-order valence-electron chi connectivity index (χ0n) is 60.6. The second-order valence-corrected chi connectivity index (χ2v) is 33.1. The SMILES string of the molecule is [B]B=S(=B[B])(B([B])[B])C(=O)CCC(=O)C(CC(C)C)NC(=O)C(CC(=O)CNC(=O)C(CCC(=O)NCC(=O)CC(Cc1ccccc1)C(=O)NC(CC(C)C)C(=O)CCC(=O)P([B])C)CC(=O)CCC(CC(=O)OCC1c2ccccc2-c2ccccc21)C(=O)OC(C)(C)C)Cc1ccccc1. The Kier molecular flexibility index (Phi) is 35.7. The van der Waals surface area contributed by atoms with Crippen LogP contribution in [0.1, 0.15) is 167 Å². The Labute approximate surface area is 616 Å². The molecule has 4 amide bonds. The number of nitrogens with one attached hydrogen (secondary N) is 4. The van der Waals surface area contributed by atoms with Gasteiger partial charge in [0.15, 0.2) is 11.6 Å². The van der Waals surface area contributed by atoms with Crippen molar-refractivity contribution in [3.8, 4) is 11.1 Å². The number of ether oxygens (including phenoxy) is 2. The van der Waals surface area contributed by atoms with E-state index < -0.39 is 166 Å². The van der Waals surface area contributed by atoms with Crippen LogP contribution in [-0.2, 0) is 84.6 Å². The van der Waals surface area contributed by atoms with Gasteiger partial charge < -0.3 is 25.4 Å². The zero-order chi connectivity index (χ0) is 76.1. The molecule has 0 aliphatic heterocycles. The number of Topliss-reactive ketones (excluding diaryl/α,β-unsaturated/α-hetero) is 5. The first kappa shape index (κ1) is 86.3. The van der Waals surface area contributed by atoms with E-state index in [2.05, 4.69) is 21.3 Å². The number of carbonyl (C=O) groups is 13. The average Bonchev–Trinajstić information content (AvgIpc) is 1.62. The Morgan fingerprint density at radius 2 is 0.990 bits per heavy atom. The van der Waals surface area contributed by atoms with Gasteiger partial charge in [-0.1, -0.05) is 119 Å². The first-order valence-electron chi connectivity index (χ1n) is 35.1. The molecule has 5 rings (SSSR count). The molecule has 19 nitrogen and oxygen atoms in total. The van der Waals surface area contributed by atoms with Crippen LogP contribution >= 0.6 is 16.5 Å². The van der Waals surface area contributed by atoms with Crippen LogP contribution in [0.5, 0.6) is 0 Å². The number of hydrogen-bond donors (Lipinski definition) is 4. The molecule has 10 radical (unpaired) electrons. The predicted molar refractivity (Wildman–Crippen MR) is 410 cm³/mol. The minimum Gasteiger partial charge on any atom is -0.0622 e. The van der Waals surface area contributed by atoms with Gasteiger partial charge in [0.25, 0.3) is 0 Å². The molecule has 4 aromatic carbocycles. The van der Waals surface area contributed by atoms with Crippen molar-refractivity contribution in [3.05, 3.63) is 131 Å². The van der Waals surface area contributed by atoms with E-state index in [0.29, 0.717) is 5.56 Å². The van der Waals surface area contributed by atoms with Gasteiger partial charge in [-0.25, -0.2) is 0 Å². The van der Waals surface area contributed by atoms with E-state index in [1.54, 1.807) is 88.1 Å². The summed E-state index contributed by atoms with van der Waals surface area (Å²) in [6, 6.07) is 33.4. The second kappa shape index (κ2) is 42.6. The molecule has 7 unspecified atom stereocenters. The van der Waals surface area contributed by atoms with E-state index in [4.69, 9.17) is 48.0 Å². The Morgan fingerprint density at radius 3 is 1.45 bits per heavy atom. The third-order valence-corrected chi connectivity index (χ3v) is 21.6. The summed E-state index contributed by atoms with van der Waals surface area (Å²) in [6.07, 6.45) is -3.23. The van der Waals surface area contributed by atoms with Crippen molar-refractivity contribution in [2.45, 2.75) is 175 Å². The first-order valence-corrected chi connectivity index (χ1v) is 38.8. The molecule has 0 fully saturated rings. The number of rotatable bonds is 44. The third-order valence-electron chi connectivity index (χ3n) is 17.8. The van der Waals surface area contributed by atoms with Crippen LogP contribution in [0.25, 0.3) is 11.1 Å². The van der Waals surface area contributed by atoms with Gasteiger partial charge in [0.1, 0.15) is 31.1 Å². The minimum absolute atomic E-state index is 0.0204. The van der Waals surface area contributed by atoms with Crippen molar-refractivity contribution in [2.24, 2.45) is 35.5 Å². The molecule has 4 aromatic rings. The maximum absolute atomic E-state index is 14.4. The topological polar surface area (TPSA) is 288 Å². The molecular formula is C74H93B8N4O15PS. The van der Waals surface area contributed by atoms with Gasteiger partial charge in [0.05, 0.1) is 24.9 Å². The minimum atomic E-state index is -2.78. The fourth-order valence-electron chi connectivity index (χ4n) is 12.3. The summed E-state index contributed by atoms with van der Waals surface area (Å²) in [6.45, 7) is 12.8. The average molecular weight is 1430 g/mol. The van der Waals surface area contributed by atoms with Crippen molar-refractivity contribution in [2.75, 3.05) is 26.4 Å². The monoisotopic (exact) mass is 1430 g/mol. The normalized spacial score (nSPS) is 13.9. The standard InChI is InChI=1S/C74H93B8N4O15PS/c1-46(2)35-62(64(90)30-33-68(94)102(8)79)85-71(97)52(37-48-19-11-9-12-20-48)40-55(88)43-83-66(92)32-28-50(39-54(87)29-27-51(73(99)101-74(5,6)7)42-67(93)100-45-61-59-25-17-15-23-57(59)58-24-16-18-26-60(58)61)70(96)84-44-56(89)41-53(38-49-21-13-10-14-22-49)72(98)86-63(36-47(3)4)65(91)31-34-69(95)103(80-75,81-76)82(77)78/h9-26,46-47,50-53,61-63H,27-45H2,1-8H3,(H,83,92)(H,84,96)(H,85,97)(H,86,98). The summed E-state index contributed by atoms with van der Waals surface area (Å²) in [5, 5.41) is 10.3. The Bertz CT molecular complexity index is 3730. The second-order valence-electron chi connectivity index (χ2n) is 28.3. The summed E-state index contributed by atoms with van der Waals surface area (Å²) < 4.78 is 11.6. The summed E-state index contributed by atoms with van der Waals surface area (Å²) >= 11 is 0. The third kappa shape index (κ3) is 28.6. The van der Waals surface area contributed by atoms with E-state index in [1.807, 2.05) is 76.2 Å². The van der Waals surface area contributed by atoms with Crippen molar-refractivity contribution >= 4 is 148 Å². The predicted octanol–water partition coefficient (Wildman–Crippen LogP) is 7.24. The smallest absolute Gasteiger partial charge is 0.0622 e. The molecule has 29 heteroatoms. The molecule has 0 spiro atoms. The molecule has 1 aliphatic rings. The molecule has 0 saturated carbocycles. The van der Waals surface area contributed by atoms with Gasteiger partial charge in [-0.3, -0.25) is 43.2 Å². The zero-order valence-corrected chi connectivity index (χ0v) is 62.3. The maximum atomic E-state index is 14.4. The number of esters is 2. The molecule has 4 N–H and O–H groups in total. The van der Waals surface area contributed by atoms with Crippen molar-refractivity contribution in [3.63, 3.8) is 0 Å². The van der Waals surface area contributed by atoms with Crippen molar-refractivity contribution < 1.29 is 71.8 Å². The van der Waals surface area contributed by atoms with E-state index in [1.165, 1.54) is 0 Å². The van der Waals surface area contributed by atoms with Crippen LogP contribution < -0.4 is 21.3 Å². The van der Waals surface area contributed by atoms with Gasteiger partial charge in [0, 0.05) is 56.3 Å². The van der Waals surface area contributed by atoms with Crippen LogP contribution in [0.4, 0.5) is 0 Å². The molecule has 0 saturated heterocycles. The van der Waals surface area contributed by atoms with Crippen molar-refractivity contribution in [1.82, 2.24) is 21.3 Å². The van der Waals surface area contributed by atoms with E-state index in [9.17, 15) is 62.3 Å². The van der Waals surface area contributed by atoms with Gasteiger partial charge in [-0.15, -0.1) is 0 Å². The molecule has 1 aliphatic carbocycles. The van der Waals surface area contributed by atoms with Gasteiger partial charge in [-0.2, -0.15) is 0 Å². The molecule has 7 atom stereocenters. The Hall–Kier alpha value is -7.31. The van der Waals surface area contributed by atoms with Crippen LogP contribution in [0.3, 0.4) is 0 Å². The molecule has 534 valence electrons. The van der Waals surface area contributed by atoms with Crippen molar-refractivity contribution in [1.29, 1.82) is 0 Å². The molecule has 103 heavy (non-hydrogen) atoms. The molecule has 0 bridgehead atoms. The number of benzene rings is 4. The fourth-order valence-corrected chi connectivity index (χ4v) is 14.3. The van der Waals surface area contributed by atoms with Gasteiger partial charge >= 0.3 is 205 Å². The molecule has 0 heterocycles. The van der Waals surface area contributed by atoms with Crippen LogP contribution in [0.2, 0.25) is 0 Å².